The van der Waals surface area contributed by atoms with E-state index in [2.05, 4.69) is 0 Å². The Bertz CT molecular complexity index is 1390. The van der Waals surface area contributed by atoms with Gasteiger partial charge in [-0.05, 0) is 73.2 Å². The number of thioether (sulfide) groups is 1. The highest BCUT2D eigenvalue weighted by atomic mass is 32.2. The van der Waals surface area contributed by atoms with E-state index in [1.54, 1.807) is 34.9 Å². The van der Waals surface area contributed by atoms with Crippen LogP contribution in [0.1, 0.15) is 38.9 Å². The molecule has 31 heavy (non-hydrogen) atoms. The number of benzene rings is 3. The number of nitrogens with zero attached hydrogens (tertiary/aromatic N) is 1. The van der Waals surface area contributed by atoms with Gasteiger partial charge in [0.05, 0.1) is 17.0 Å². The normalized spacial score (nSPS) is 15.5. The van der Waals surface area contributed by atoms with Crippen molar-refractivity contribution in [2.75, 3.05) is 11.2 Å². The lowest BCUT2D eigenvalue weighted by Crippen LogP contribution is -2.29. The number of carbonyl (C=O) groups excluding carboxylic acids is 1. The Kier molecular flexibility index (Phi) is 4.71. The van der Waals surface area contributed by atoms with E-state index >= 15 is 0 Å². The van der Waals surface area contributed by atoms with Crippen LogP contribution in [0.4, 0.5) is 5.69 Å². The molecule has 2 heterocycles. The minimum atomic E-state index is -0.540. The van der Waals surface area contributed by atoms with Crippen molar-refractivity contribution in [2.24, 2.45) is 0 Å². The molecule has 0 fully saturated rings. The summed E-state index contributed by atoms with van der Waals surface area (Å²) in [6.07, 6.45) is 2.02. The van der Waals surface area contributed by atoms with Crippen LogP contribution in [0.5, 0.6) is 0 Å². The molecule has 0 spiro atoms. The molecule has 1 amide bonds. The summed E-state index contributed by atoms with van der Waals surface area (Å²) in [5.41, 5.74) is 4.54. The third-order valence-corrected chi connectivity index (χ3v) is 6.72. The fraction of sp³-hybridized carbons (Fsp3) is 0.154. The number of para-hydroxylation sites is 1. The van der Waals surface area contributed by atoms with Gasteiger partial charge in [0.2, 0.25) is 5.76 Å². The molecule has 0 saturated heterocycles. The van der Waals surface area contributed by atoms with E-state index in [1.807, 2.05) is 68.6 Å². The van der Waals surface area contributed by atoms with Crippen molar-refractivity contribution in [3.63, 3.8) is 0 Å². The number of carbonyl (C=O) groups is 1. The van der Waals surface area contributed by atoms with Crippen molar-refractivity contribution in [2.45, 2.75) is 24.8 Å². The third kappa shape index (κ3) is 3.08. The topological polar surface area (TPSA) is 50.5 Å². The lowest BCUT2D eigenvalue weighted by atomic mass is 9.98. The largest absolute Gasteiger partial charge is 0.450 e. The van der Waals surface area contributed by atoms with Crippen LogP contribution in [0.25, 0.3) is 11.0 Å². The van der Waals surface area contributed by atoms with Crippen molar-refractivity contribution in [3.05, 3.63) is 105 Å². The molecule has 154 valence electrons. The Morgan fingerprint density at radius 3 is 2.35 bits per heavy atom. The molecule has 0 aliphatic carbocycles. The average Bonchev–Trinajstić information content (AvgIpc) is 3.08. The molecule has 1 atom stereocenters. The first-order valence-corrected chi connectivity index (χ1v) is 11.3. The van der Waals surface area contributed by atoms with Crippen molar-refractivity contribution < 1.29 is 9.21 Å². The van der Waals surface area contributed by atoms with E-state index in [1.165, 1.54) is 0 Å². The smallest absolute Gasteiger partial charge is 0.295 e. The zero-order valence-corrected chi connectivity index (χ0v) is 18.3. The first kappa shape index (κ1) is 19.6. The quantitative estimate of drug-likeness (QED) is 0.383. The Hall–Kier alpha value is -3.31. The number of rotatable bonds is 3. The fourth-order valence-electron chi connectivity index (χ4n) is 4.16. The highest BCUT2D eigenvalue weighted by Crippen LogP contribution is 2.41. The summed E-state index contributed by atoms with van der Waals surface area (Å²) in [6, 6.07) is 20.5. The van der Waals surface area contributed by atoms with Crippen molar-refractivity contribution in [1.29, 1.82) is 0 Å². The Morgan fingerprint density at radius 2 is 1.65 bits per heavy atom. The highest BCUT2D eigenvalue weighted by molar-refractivity contribution is 7.98. The van der Waals surface area contributed by atoms with E-state index < -0.39 is 6.04 Å². The minimum Gasteiger partial charge on any atom is -0.450 e. The van der Waals surface area contributed by atoms with Crippen LogP contribution >= 0.6 is 11.8 Å². The van der Waals surface area contributed by atoms with Crippen LogP contribution in [0, 0.1) is 13.8 Å². The number of aryl methyl sites for hydroxylation is 2. The molecule has 5 rings (SSSR count). The van der Waals surface area contributed by atoms with Gasteiger partial charge in [-0.1, -0.05) is 30.3 Å². The maximum Gasteiger partial charge on any atom is 0.295 e. The predicted octanol–water partition coefficient (Wildman–Crippen LogP) is 5.88. The van der Waals surface area contributed by atoms with Gasteiger partial charge in [-0.15, -0.1) is 11.8 Å². The van der Waals surface area contributed by atoms with Gasteiger partial charge in [0.15, 0.2) is 5.43 Å². The monoisotopic (exact) mass is 427 g/mol. The molecule has 5 heteroatoms. The summed E-state index contributed by atoms with van der Waals surface area (Å²) in [7, 11) is 0. The first-order valence-electron chi connectivity index (χ1n) is 10.1. The van der Waals surface area contributed by atoms with Gasteiger partial charge in [-0.25, -0.2) is 0 Å². The molecule has 1 unspecified atom stereocenters. The molecule has 0 saturated carbocycles. The number of hydrogen-bond donors (Lipinski definition) is 0. The number of fused-ring (bicyclic) bond motifs is 2. The van der Waals surface area contributed by atoms with Crippen LogP contribution < -0.4 is 10.3 Å². The van der Waals surface area contributed by atoms with E-state index in [0.29, 0.717) is 16.5 Å². The van der Waals surface area contributed by atoms with Gasteiger partial charge in [0, 0.05) is 10.6 Å². The van der Waals surface area contributed by atoms with Crippen LogP contribution in [-0.2, 0) is 0 Å². The molecular weight excluding hydrogens is 406 g/mol. The van der Waals surface area contributed by atoms with Crippen LogP contribution in [0.2, 0.25) is 0 Å². The van der Waals surface area contributed by atoms with Crippen molar-refractivity contribution in [1.82, 2.24) is 0 Å². The number of amides is 1. The Balaban J connectivity index is 1.79. The number of hydrogen-bond acceptors (Lipinski definition) is 4. The summed E-state index contributed by atoms with van der Waals surface area (Å²) in [5.74, 6) is -0.166. The average molecular weight is 428 g/mol. The van der Waals surface area contributed by atoms with E-state index in [0.717, 1.165) is 27.3 Å². The fourth-order valence-corrected chi connectivity index (χ4v) is 4.57. The van der Waals surface area contributed by atoms with Crippen molar-refractivity contribution in [3.8, 4) is 0 Å². The van der Waals surface area contributed by atoms with Gasteiger partial charge in [0.25, 0.3) is 5.91 Å². The summed E-state index contributed by atoms with van der Waals surface area (Å²) < 4.78 is 6.00. The summed E-state index contributed by atoms with van der Waals surface area (Å²) in [4.78, 5) is 29.9. The second-order valence-electron chi connectivity index (χ2n) is 7.79. The molecule has 4 aromatic rings. The SMILES string of the molecule is CSc1ccc(C2c3c(oc4ccccc4c3=O)C(=O)N2c2ccc(C)c(C)c2)cc1. The Labute approximate surface area is 184 Å². The molecule has 0 N–H and O–H groups in total. The maximum absolute atomic E-state index is 13.6. The molecule has 1 aliphatic rings. The van der Waals surface area contributed by atoms with Gasteiger partial charge < -0.3 is 4.42 Å². The maximum atomic E-state index is 13.6. The summed E-state index contributed by atoms with van der Waals surface area (Å²) in [5, 5.41) is 0.488. The van der Waals surface area contributed by atoms with Gasteiger partial charge in [-0.2, -0.15) is 0 Å². The summed E-state index contributed by atoms with van der Waals surface area (Å²) >= 11 is 1.65. The highest BCUT2D eigenvalue weighted by Gasteiger charge is 2.43. The van der Waals surface area contributed by atoms with E-state index in [9.17, 15) is 9.59 Å². The zero-order chi connectivity index (χ0) is 21.7. The molecule has 3 aromatic carbocycles. The van der Waals surface area contributed by atoms with Crippen LogP contribution in [0.3, 0.4) is 0 Å². The standard InChI is InChI=1S/C26H21NO3S/c1-15-8-11-18(14-16(15)2)27-23(17-9-12-19(31-3)13-10-17)22-24(28)20-6-4-5-7-21(20)30-25(22)26(27)29/h4-14,23H,1-3H3. The van der Waals surface area contributed by atoms with Gasteiger partial charge in [0.1, 0.15) is 5.58 Å². The minimum absolute atomic E-state index is 0.126. The lowest BCUT2D eigenvalue weighted by Gasteiger charge is -2.26. The second kappa shape index (κ2) is 7.43. The molecule has 0 bridgehead atoms. The Morgan fingerprint density at radius 1 is 0.903 bits per heavy atom. The summed E-state index contributed by atoms with van der Waals surface area (Å²) in [6.45, 7) is 4.06. The molecule has 1 aliphatic heterocycles. The van der Waals surface area contributed by atoms with E-state index in [-0.39, 0.29) is 17.1 Å². The van der Waals surface area contributed by atoms with Gasteiger partial charge in [-0.3, -0.25) is 14.5 Å². The molecule has 1 aromatic heterocycles. The zero-order valence-electron chi connectivity index (χ0n) is 17.5. The van der Waals surface area contributed by atoms with Crippen LogP contribution in [-0.4, -0.2) is 12.2 Å². The lowest BCUT2D eigenvalue weighted by molar-refractivity contribution is 0.0971. The van der Waals surface area contributed by atoms with Gasteiger partial charge >= 0.3 is 0 Å². The molecular formula is C26H21NO3S. The predicted molar refractivity (Wildman–Crippen MR) is 125 cm³/mol. The van der Waals surface area contributed by atoms with E-state index in [4.69, 9.17) is 4.42 Å². The van der Waals surface area contributed by atoms with Crippen molar-refractivity contribution >= 4 is 34.3 Å². The van der Waals surface area contributed by atoms with Crippen LogP contribution in [0.15, 0.2) is 80.8 Å². The third-order valence-electron chi connectivity index (χ3n) is 5.98. The molecule has 0 radical (unpaired) electrons. The molecule has 4 nitrogen and oxygen atoms in total. The second-order valence-corrected chi connectivity index (χ2v) is 8.67. The number of anilines is 1. The first-order chi connectivity index (χ1) is 15.0.